The van der Waals surface area contributed by atoms with Crippen LogP contribution in [-0.4, -0.2) is 11.0 Å². The van der Waals surface area contributed by atoms with E-state index in [1.54, 1.807) is 24.3 Å². The minimum absolute atomic E-state index is 0.0955. The Bertz CT molecular complexity index is 644. The van der Waals surface area contributed by atoms with Gasteiger partial charge in [-0.1, -0.05) is 22.0 Å². The van der Waals surface area contributed by atoms with E-state index in [4.69, 9.17) is 0 Å². The van der Waals surface area contributed by atoms with Gasteiger partial charge in [0, 0.05) is 14.6 Å². The lowest BCUT2D eigenvalue weighted by Gasteiger charge is -2.10. The van der Waals surface area contributed by atoms with E-state index >= 15 is 0 Å². The molecule has 1 amide bonds. The molecule has 0 atom stereocenters. The molecule has 0 fully saturated rings. The Morgan fingerprint density at radius 2 is 1.74 bits per heavy atom. The fourth-order valence-corrected chi connectivity index (χ4v) is 2.75. The molecule has 0 bridgehead atoms. The first-order chi connectivity index (χ1) is 8.99. The zero-order valence-electron chi connectivity index (χ0n) is 9.45. The van der Waals surface area contributed by atoms with Crippen LogP contribution in [0.3, 0.4) is 0 Å². The van der Waals surface area contributed by atoms with E-state index in [-0.39, 0.29) is 17.2 Å². The number of phenols is 1. The predicted molar refractivity (Wildman–Crippen MR) is 85.6 cm³/mol. The standard InChI is InChI=1S/C13H8Br3NO2/c14-7-2-1-3-8(6-7)17-13(19)11-9(15)4-5-10(16)12(11)18/h1-6,18H,(H,17,19). The Labute approximate surface area is 135 Å². The third-order valence-corrected chi connectivity index (χ3v) is 4.18. The summed E-state index contributed by atoms with van der Waals surface area (Å²) in [5.41, 5.74) is 0.833. The lowest BCUT2D eigenvalue weighted by molar-refractivity contribution is 0.102. The highest BCUT2D eigenvalue weighted by Gasteiger charge is 2.17. The highest BCUT2D eigenvalue weighted by Crippen LogP contribution is 2.33. The number of hydrogen-bond acceptors (Lipinski definition) is 2. The molecular weight excluding hydrogens is 442 g/mol. The van der Waals surface area contributed by atoms with Gasteiger partial charge in [0.2, 0.25) is 0 Å². The van der Waals surface area contributed by atoms with Crippen molar-refractivity contribution in [2.24, 2.45) is 0 Å². The second kappa shape index (κ2) is 6.07. The summed E-state index contributed by atoms with van der Waals surface area (Å²) in [7, 11) is 0. The number of benzene rings is 2. The van der Waals surface area contributed by atoms with Gasteiger partial charge < -0.3 is 10.4 Å². The van der Waals surface area contributed by atoms with Crippen LogP contribution in [0.25, 0.3) is 0 Å². The summed E-state index contributed by atoms with van der Waals surface area (Å²) < 4.78 is 1.86. The number of aromatic hydroxyl groups is 1. The summed E-state index contributed by atoms with van der Waals surface area (Å²) in [5.74, 6) is -0.481. The minimum Gasteiger partial charge on any atom is -0.506 e. The molecule has 0 aliphatic carbocycles. The molecule has 0 saturated carbocycles. The van der Waals surface area contributed by atoms with Crippen LogP contribution in [0, 0.1) is 0 Å². The first-order valence-electron chi connectivity index (χ1n) is 5.23. The number of hydrogen-bond donors (Lipinski definition) is 2. The molecule has 0 unspecified atom stereocenters. The van der Waals surface area contributed by atoms with Crippen molar-refractivity contribution in [1.82, 2.24) is 0 Å². The van der Waals surface area contributed by atoms with Gasteiger partial charge in [0.15, 0.2) is 0 Å². The Morgan fingerprint density at radius 1 is 1.05 bits per heavy atom. The Hall–Kier alpha value is -0.850. The van der Waals surface area contributed by atoms with Crippen LogP contribution in [0.2, 0.25) is 0 Å². The molecule has 2 N–H and O–H groups in total. The Balaban J connectivity index is 2.33. The van der Waals surface area contributed by atoms with Gasteiger partial charge in [-0.3, -0.25) is 4.79 Å². The number of carbonyl (C=O) groups excluding carboxylic acids is 1. The van der Waals surface area contributed by atoms with Crippen LogP contribution in [0.4, 0.5) is 5.69 Å². The van der Waals surface area contributed by atoms with E-state index in [9.17, 15) is 9.90 Å². The fraction of sp³-hybridized carbons (Fsp3) is 0. The Morgan fingerprint density at radius 3 is 2.42 bits per heavy atom. The lowest BCUT2D eigenvalue weighted by Crippen LogP contribution is -2.13. The molecule has 2 rings (SSSR count). The second-order valence-corrected chi connectivity index (χ2v) is 6.34. The summed E-state index contributed by atoms with van der Waals surface area (Å²) in [6.45, 7) is 0. The van der Waals surface area contributed by atoms with Gasteiger partial charge in [-0.05, 0) is 62.2 Å². The number of phenolic OH excluding ortho intramolecular Hbond substituents is 1. The van der Waals surface area contributed by atoms with Crippen molar-refractivity contribution >= 4 is 59.4 Å². The predicted octanol–water partition coefficient (Wildman–Crippen LogP) is 4.93. The smallest absolute Gasteiger partial charge is 0.260 e. The quantitative estimate of drug-likeness (QED) is 0.682. The van der Waals surface area contributed by atoms with Crippen molar-refractivity contribution in [1.29, 1.82) is 0 Å². The zero-order chi connectivity index (χ0) is 14.0. The van der Waals surface area contributed by atoms with Crippen LogP contribution < -0.4 is 5.32 Å². The minimum atomic E-state index is -0.385. The van der Waals surface area contributed by atoms with Gasteiger partial charge >= 0.3 is 0 Å². The molecule has 0 spiro atoms. The van der Waals surface area contributed by atoms with Crippen LogP contribution >= 0.6 is 47.8 Å². The maximum Gasteiger partial charge on any atom is 0.260 e. The van der Waals surface area contributed by atoms with Crippen molar-refractivity contribution in [3.63, 3.8) is 0 Å². The third-order valence-electron chi connectivity index (χ3n) is 2.39. The molecule has 6 heteroatoms. The van der Waals surface area contributed by atoms with Gasteiger partial charge in [0.25, 0.3) is 5.91 Å². The van der Waals surface area contributed by atoms with Gasteiger partial charge in [-0.15, -0.1) is 0 Å². The van der Waals surface area contributed by atoms with Crippen molar-refractivity contribution in [2.45, 2.75) is 0 Å². The number of anilines is 1. The van der Waals surface area contributed by atoms with Crippen LogP contribution in [-0.2, 0) is 0 Å². The first kappa shape index (κ1) is 14.6. The van der Waals surface area contributed by atoms with E-state index in [0.29, 0.717) is 14.6 Å². The largest absolute Gasteiger partial charge is 0.506 e. The molecule has 0 aromatic heterocycles. The zero-order valence-corrected chi connectivity index (χ0v) is 14.2. The molecule has 19 heavy (non-hydrogen) atoms. The maximum absolute atomic E-state index is 12.2. The number of halogens is 3. The summed E-state index contributed by atoms with van der Waals surface area (Å²) in [6, 6.07) is 10.6. The molecule has 0 radical (unpaired) electrons. The SMILES string of the molecule is O=C(Nc1cccc(Br)c1)c1c(Br)ccc(Br)c1O. The molecule has 2 aromatic carbocycles. The second-order valence-electron chi connectivity index (χ2n) is 3.72. The van der Waals surface area contributed by atoms with Gasteiger partial charge in [-0.25, -0.2) is 0 Å². The van der Waals surface area contributed by atoms with Crippen molar-refractivity contribution in [3.8, 4) is 5.75 Å². The van der Waals surface area contributed by atoms with Crippen molar-refractivity contribution in [3.05, 3.63) is 55.4 Å². The lowest BCUT2D eigenvalue weighted by atomic mass is 10.2. The van der Waals surface area contributed by atoms with E-state index < -0.39 is 0 Å². The van der Waals surface area contributed by atoms with Gasteiger partial charge in [0.1, 0.15) is 5.75 Å². The number of nitrogens with one attached hydrogen (secondary N) is 1. The molecule has 98 valence electrons. The number of carbonyl (C=O) groups is 1. The monoisotopic (exact) mass is 447 g/mol. The highest BCUT2D eigenvalue weighted by molar-refractivity contribution is 9.11. The summed E-state index contributed by atoms with van der Waals surface area (Å²) in [6.07, 6.45) is 0. The van der Waals surface area contributed by atoms with Crippen LogP contribution in [0.1, 0.15) is 10.4 Å². The Kier molecular flexibility index (Phi) is 4.65. The average molecular weight is 450 g/mol. The molecule has 0 heterocycles. The molecule has 2 aromatic rings. The molecule has 0 aliphatic heterocycles. The molecule has 0 aliphatic rings. The van der Waals surface area contributed by atoms with E-state index in [1.165, 1.54) is 0 Å². The number of amides is 1. The van der Waals surface area contributed by atoms with E-state index in [0.717, 1.165) is 4.47 Å². The fourth-order valence-electron chi connectivity index (χ4n) is 1.52. The van der Waals surface area contributed by atoms with Gasteiger partial charge in [-0.2, -0.15) is 0 Å². The van der Waals surface area contributed by atoms with E-state index in [1.807, 2.05) is 12.1 Å². The average Bonchev–Trinajstić information content (AvgIpc) is 2.34. The summed E-state index contributed by atoms with van der Waals surface area (Å²) in [4.78, 5) is 12.2. The van der Waals surface area contributed by atoms with Gasteiger partial charge in [0.05, 0.1) is 10.0 Å². The van der Waals surface area contributed by atoms with Crippen LogP contribution in [0.5, 0.6) is 5.75 Å². The van der Waals surface area contributed by atoms with Crippen molar-refractivity contribution < 1.29 is 9.90 Å². The normalized spacial score (nSPS) is 10.3. The highest BCUT2D eigenvalue weighted by atomic mass is 79.9. The first-order valence-corrected chi connectivity index (χ1v) is 7.61. The maximum atomic E-state index is 12.2. The molecular formula is C13H8Br3NO2. The summed E-state index contributed by atoms with van der Waals surface area (Å²) >= 11 is 9.78. The third kappa shape index (κ3) is 3.38. The topological polar surface area (TPSA) is 49.3 Å². The van der Waals surface area contributed by atoms with Crippen molar-refractivity contribution in [2.75, 3.05) is 5.32 Å². The number of rotatable bonds is 2. The molecule has 0 saturated heterocycles. The van der Waals surface area contributed by atoms with E-state index in [2.05, 4.69) is 53.1 Å². The molecule has 3 nitrogen and oxygen atoms in total. The summed E-state index contributed by atoms with van der Waals surface area (Å²) in [5, 5.41) is 12.7. The van der Waals surface area contributed by atoms with Crippen LogP contribution in [0.15, 0.2) is 49.8 Å².